The smallest absolute Gasteiger partial charge is 0.251 e. The standard InChI is InChI=1S/C22H25ClN4O2/c1-3-4-12-26(2)21(28)15-27-19-11-6-5-10-18(19)25-20(27)14-24-22(29)16-8-7-9-17(23)13-16/h5-11,13H,3-4,12,14-15H2,1-2H3,(H,24,29). The minimum absolute atomic E-state index is 0.0176. The van der Waals surface area contributed by atoms with Crippen molar-refractivity contribution >= 4 is 34.4 Å². The van der Waals surface area contributed by atoms with Crippen molar-refractivity contribution in [1.29, 1.82) is 0 Å². The van der Waals surface area contributed by atoms with Gasteiger partial charge < -0.3 is 14.8 Å². The van der Waals surface area contributed by atoms with Gasteiger partial charge in [-0.3, -0.25) is 9.59 Å². The number of aromatic nitrogens is 2. The van der Waals surface area contributed by atoms with Crippen LogP contribution in [0.1, 0.15) is 35.9 Å². The van der Waals surface area contributed by atoms with Crippen molar-refractivity contribution in [1.82, 2.24) is 19.8 Å². The maximum absolute atomic E-state index is 12.7. The summed E-state index contributed by atoms with van der Waals surface area (Å²) in [7, 11) is 1.82. The molecule has 0 bridgehead atoms. The highest BCUT2D eigenvalue weighted by Gasteiger charge is 2.17. The lowest BCUT2D eigenvalue weighted by Gasteiger charge is -2.18. The highest BCUT2D eigenvalue weighted by Crippen LogP contribution is 2.17. The zero-order valence-corrected chi connectivity index (χ0v) is 17.4. The van der Waals surface area contributed by atoms with E-state index < -0.39 is 0 Å². The molecule has 0 fully saturated rings. The summed E-state index contributed by atoms with van der Waals surface area (Å²) in [6.45, 7) is 3.22. The van der Waals surface area contributed by atoms with Crippen LogP contribution >= 0.6 is 11.6 Å². The van der Waals surface area contributed by atoms with Gasteiger partial charge in [-0.05, 0) is 36.8 Å². The minimum atomic E-state index is -0.238. The van der Waals surface area contributed by atoms with E-state index in [2.05, 4.69) is 17.2 Å². The van der Waals surface area contributed by atoms with Crippen LogP contribution in [0, 0.1) is 0 Å². The lowest BCUT2D eigenvalue weighted by molar-refractivity contribution is -0.130. The average Bonchev–Trinajstić information content (AvgIpc) is 3.07. The molecule has 1 heterocycles. The van der Waals surface area contributed by atoms with Crippen LogP contribution in [0.25, 0.3) is 11.0 Å². The summed E-state index contributed by atoms with van der Waals surface area (Å²) in [5.74, 6) is 0.417. The number of para-hydroxylation sites is 2. The molecule has 0 aliphatic rings. The van der Waals surface area contributed by atoms with Gasteiger partial charge in [0.25, 0.3) is 5.91 Å². The van der Waals surface area contributed by atoms with Crippen molar-refractivity contribution in [3.63, 3.8) is 0 Å². The molecule has 0 saturated carbocycles. The molecule has 2 amide bonds. The number of nitrogens with one attached hydrogen (secondary N) is 1. The Labute approximate surface area is 175 Å². The second kappa shape index (κ2) is 9.56. The Balaban J connectivity index is 1.79. The molecule has 0 aliphatic heterocycles. The predicted octanol–water partition coefficient (Wildman–Crippen LogP) is 3.88. The van der Waals surface area contributed by atoms with Gasteiger partial charge in [-0.15, -0.1) is 0 Å². The Hall–Kier alpha value is -2.86. The van der Waals surface area contributed by atoms with E-state index in [0.29, 0.717) is 16.4 Å². The molecular weight excluding hydrogens is 388 g/mol. The number of hydrogen-bond donors (Lipinski definition) is 1. The first-order valence-corrected chi connectivity index (χ1v) is 10.1. The fraction of sp³-hybridized carbons (Fsp3) is 0.318. The molecule has 2 aromatic carbocycles. The molecule has 1 aromatic heterocycles. The molecule has 29 heavy (non-hydrogen) atoms. The zero-order chi connectivity index (χ0) is 20.8. The van der Waals surface area contributed by atoms with Gasteiger partial charge in [0.2, 0.25) is 5.91 Å². The van der Waals surface area contributed by atoms with Gasteiger partial charge in [-0.1, -0.05) is 43.1 Å². The summed E-state index contributed by atoms with van der Waals surface area (Å²) < 4.78 is 1.87. The van der Waals surface area contributed by atoms with Crippen molar-refractivity contribution in [3.8, 4) is 0 Å². The first kappa shape index (κ1) is 20.9. The molecule has 0 saturated heterocycles. The molecule has 0 aliphatic carbocycles. The molecule has 3 rings (SSSR count). The van der Waals surface area contributed by atoms with Crippen LogP contribution < -0.4 is 5.32 Å². The van der Waals surface area contributed by atoms with Gasteiger partial charge >= 0.3 is 0 Å². The Bertz CT molecular complexity index is 1010. The van der Waals surface area contributed by atoms with Crippen LogP contribution in [0.4, 0.5) is 0 Å². The number of carbonyl (C=O) groups is 2. The number of nitrogens with zero attached hydrogens (tertiary/aromatic N) is 3. The predicted molar refractivity (Wildman–Crippen MR) is 115 cm³/mol. The second-order valence-electron chi connectivity index (χ2n) is 6.96. The number of likely N-dealkylation sites (N-methyl/N-ethyl adjacent to an activating group) is 1. The van der Waals surface area contributed by atoms with Crippen molar-refractivity contribution in [2.45, 2.75) is 32.9 Å². The third-order valence-corrected chi connectivity index (χ3v) is 5.03. The summed E-state index contributed by atoms with van der Waals surface area (Å²) >= 11 is 5.97. The average molecular weight is 413 g/mol. The molecule has 3 aromatic rings. The van der Waals surface area contributed by atoms with Crippen molar-refractivity contribution in [2.24, 2.45) is 0 Å². The van der Waals surface area contributed by atoms with Gasteiger partial charge in [0.05, 0.1) is 17.6 Å². The maximum atomic E-state index is 12.7. The summed E-state index contributed by atoms with van der Waals surface area (Å²) in [6.07, 6.45) is 2.00. The fourth-order valence-corrected chi connectivity index (χ4v) is 3.29. The molecule has 0 unspecified atom stereocenters. The topological polar surface area (TPSA) is 67.2 Å². The Morgan fingerprint density at radius 2 is 1.97 bits per heavy atom. The van der Waals surface area contributed by atoms with Gasteiger partial charge in [-0.25, -0.2) is 4.98 Å². The van der Waals surface area contributed by atoms with Crippen LogP contribution in [-0.2, 0) is 17.9 Å². The monoisotopic (exact) mass is 412 g/mol. The van der Waals surface area contributed by atoms with Gasteiger partial charge in [0, 0.05) is 24.2 Å². The van der Waals surface area contributed by atoms with E-state index in [1.165, 1.54) is 0 Å². The number of carbonyl (C=O) groups excluding carboxylic acids is 2. The van der Waals surface area contributed by atoms with Crippen LogP contribution in [0.15, 0.2) is 48.5 Å². The number of fused-ring (bicyclic) bond motifs is 1. The van der Waals surface area contributed by atoms with Crippen LogP contribution in [0.5, 0.6) is 0 Å². The van der Waals surface area contributed by atoms with E-state index in [0.717, 1.165) is 30.4 Å². The summed E-state index contributed by atoms with van der Waals surface area (Å²) in [4.78, 5) is 31.5. The lowest BCUT2D eigenvalue weighted by atomic mass is 10.2. The number of benzene rings is 2. The highest BCUT2D eigenvalue weighted by molar-refractivity contribution is 6.30. The van der Waals surface area contributed by atoms with E-state index in [4.69, 9.17) is 11.6 Å². The quantitative estimate of drug-likeness (QED) is 0.610. The largest absolute Gasteiger partial charge is 0.345 e. The number of halogens is 1. The number of imidazole rings is 1. The van der Waals surface area contributed by atoms with E-state index in [-0.39, 0.29) is 24.9 Å². The minimum Gasteiger partial charge on any atom is -0.345 e. The van der Waals surface area contributed by atoms with Crippen LogP contribution in [0.3, 0.4) is 0 Å². The van der Waals surface area contributed by atoms with Gasteiger partial charge in [0.15, 0.2) is 0 Å². The Kier molecular flexibility index (Phi) is 6.88. The Morgan fingerprint density at radius 3 is 2.72 bits per heavy atom. The number of unbranched alkanes of at least 4 members (excludes halogenated alkanes) is 1. The summed E-state index contributed by atoms with van der Waals surface area (Å²) in [6, 6.07) is 14.4. The van der Waals surface area contributed by atoms with E-state index in [1.54, 1.807) is 29.2 Å². The third-order valence-electron chi connectivity index (χ3n) is 4.79. The van der Waals surface area contributed by atoms with Crippen LogP contribution in [-0.4, -0.2) is 39.9 Å². The maximum Gasteiger partial charge on any atom is 0.251 e. The SMILES string of the molecule is CCCCN(C)C(=O)Cn1c(CNC(=O)c2cccc(Cl)c2)nc2ccccc21. The molecule has 6 nitrogen and oxygen atoms in total. The molecule has 1 N–H and O–H groups in total. The molecule has 0 spiro atoms. The molecular formula is C22H25ClN4O2. The molecule has 152 valence electrons. The summed E-state index contributed by atoms with van der Waals surface area (Å²) in [5, 5.41) is 3.38. The molecule has 0 atom stereocenters. The molecule has 0 radical (unpaired) electrons. The highest BCUT2D eigenvalue weighted by atomic mass is 35.5. The van der Waals surface area contributed by atoms with Gasteiger partial charge in [-0.2, -0.15) is 0 Å². The van der Waals surface area contributed by atoms with Gasteiger partial charge in [0.1, 0.15) is 12.4 Å². The van der Waals surface area contributed by atoms with E-state index >= 15 is 0 Å². The first-order chi connectivity index (χ1) is 14.0. The fourth-order valence-electron chi connectivity index (χ4n) is 3.10. The van der Waals surface area contributed by atoms with Crippen molar-refractivity contribution in [2.75, 3.05) is 13.6 Å². The zero-order valence-electron chi connectivity index (χ0n) is 16.7. The van der Waals surface area contributed by atoms with E-state index in [1.807, 2.05) is 35.9 Å². The lowest BCUT2D eigenvalue weighted by Crippen LogP contribution is -2.32. The number of rotatable bonds is 8. The number of hydrogen-bond acceptors (Lipinski definition) is 3. The van der Waals surface area contributed by atoms with Crippen LogP contribution in [0.2, 0.25) is 5.02 Å². The first-order valence-electron chi connectivity index (χ1n) is 9.71. The summed E-state index contributed by atoms with van der Waals surface area (Å²) in [5.41, 5.74) is 2.15. The number of amides is 2. The van der Waals surface area contributed by atoms with Crippen molar-refractivity contribution < 1.29 is 9.59 Å². The van der Waals surface area contributed by atoms with Crippen molar-refractivity contribution in [3.05, 3.63) is 64.9 Å². The normalized spacial score (nSPS) is 10.9. The Morgan fingerprint density at radius 1 is 1.17 bits per heavy atom. The molecule has 7 heteroatoms. The second-order valence-corrected chi connectivity index (χ2v) is 7.40. The third kappa shape index (κ3) is 5.15. The van der Waals surface area contributed by atoms with E-state index in [9.17, 15) is 9.59 Å².